The van der Waals surface area contributed by atoms with E-state index in [1.54, 1.807) is 18.2 Å². The minimum Gasteiger partial charge on any atom is -0.329 e. The molecule has 5 nitrogen and oxygen atoms in total. The zero-order chi connectivity index (χ0) is 15.3. The van der Waals surface area contributed by atoms with Crippen molar-refractivity contribution < 1.29 is 9.59 Å². The maximum absolute atomic E-state index is 12.6. The smallest absolute Gasteiger partial charge is 0.231 e. The van der Waals surface area contributed by atoms with Crippen LogP contribution in [0.2, 0.25) is 0 Å². The average molecular weight is 289 g/mol. The number of hydrogen-bond donors (Lipinski definition) is 3. The quantitative estimate of drug-likeness (QED) is 0.796. The van der Waals surface area contributed by atoms with Crippen molar-refractivity contribution in [2.45, 2.75) is 39.0 Å². The molecule has 114 valence electrons. The molecule has 0 heterocycles. The van der Waals surface area contributed by atoms with Crippen LogP contribution < -0.4 is 16.4 Å². The second kappa shape index (κ2) is 6.72. The van der Waals surface area contributed by atoms with Crippen LogP contribution in [0.25, 0.3) is 0 Å². The fourth-order valence-corrected chi connectivity index (χ4v) is 2.89. The molecule has 2 amide bonds. The van der Waals surface area contributed by atoms with Gasteiger partial charge < -0.3 is 16.4 Å². The monoisotopic (exact) mass is 289 g/mol. The Hall–Kier alpha value is -1.88. The van der Waals surface area contributed by atoms with Crippen molar-refractivity contribution in [2.24, 2.45) is 11.1 Å². The van der Waals surface area contributed by atoms with Gasteiger partial charge in [0.25, 0.3) is 0 Å². The molecule has 4 N–H and O–H groups in total. The third kappa shape index (κ3) is 3.82. The van der Waals surface area contributed by atoms with Gasteiger partial charge in [0, 0.05) is 24.8 Å². The minimum atomic E-state index is -0.442. The van der Waals surface area contributed by atoms with Crippen molar-refractivity contribution in [3.63, 3.8) is 0 Å². The Morgan fingerprint density at radius 3 is 2.33 bits per heavy atom. The molecule has 1 aliphatic carbocycles. The first-order chi connectivity index (χ1) is 10.1. The molecule has 0 aliphatic heterocycles. The molecule has 0 radical (unpaired) electrons. The topological polar surface area (TPSA) is 84.2 Å². The highest BCUT2D eigenvalue weighted by atomic mass is 16.2. The van der Waals surface area contributed by atoms with Crippen molar-refractivity contribution in [2.75, 3.05) is 17.2 Å². The van der Waals surface area contributed by atoms with E-state index in [9.17, 15) is 9.59 Å². The zero-order valence-electron chi connectivity index (χ0n) is 12.4. The predicted molar refractivity (Wildman–Crippen MR) is 83.9 cm³/mol. The van der Waals surface area contributed by atoms with Gasteiger partial charge in [-0.05, 0) is 31.0 Å². The molecule has 5 heteroatoms. The lowest BCUT2D eigenvalue weighted by Crippen LogP contribution is -2.43. The molecular formula is C16H23N3O2. The van der Waals surface area contributed by atoms with E-state index in [1.165, 1.54) is 13.3 Å². The first kappa shape index (κ1) is 15.5. The Labute approximate surface area is 125 Å². The Balaban J connectivity index is 2.09. The fourth-order valence-electron chi connectivity index (χ4n) is 2.89. The zero-order valence-corrected chi connectivity index (χ0v) is 12.4. The summed E-state index contributed by atoms with van der Waals surface area (Å²) in [6.07, 6.45) is 4.97. The summed E-state index contributed by atoms with van der Waals surface area (Å²) in [5.74, 6) is -0.145. The lowest BCUT2D eigenvalue weighted by atomic mass is 9.73. The number of nitrogens with one attached hydrogen (secondary N) is 2. The molecule has 0 atom stereocenters. The van der Waals surface area contributed by atoms with Crippen molar-refractivity contribution in [1.82, 2.24) is 0 Å². The molecule has 1 aromatic rings. The van der Waals surface area contributed by atoms with Gasteiger partial charge in [-0.2, -0.15) is 0 Å². The molecule has 1 saturated carbocycles. The lowest BCUT2D eigenvalue weighted by Gasteiger charge is -2.34. The molecule has 0 aromatic heterocycles. The summed E-state index contributed by atoms with van der Waals surface area (Å²) in [5, 5.41) is 5.65. The number of hydrogen-bond acceptors (Lipinski definition) is 3. The number of carbonyl (C=O) groups is 2. The summed E-state index contributed by atoms with van der Waals surface area (Å²) < 4.78 is 0. The van der Waals surface area contributed by atoms with Crippen LogP contribution in [0.3, 0.4) is 0 Å². The Morgan fingerprint density at radius 2 is 1.76 bits per heavy atom. The Morgan fingerprint density at radius 1 is 1.14 bits per heavy atom. The van der Waals surface area contributed by atoms with Gasteiger partial charge in [0.1, 0.15) is 0 Å². The van der Waals surface area contributed by atoms with Gasteiger partial charge in [0.15, 0.2) is 0 Å². The number of nitrogens with two attached hydrogens (primary N) is 1. The largest absolute Gasteiger partial charge is 0.329 e. The van der Waals surface area contributed by atoms with E-state index in [4.69, 9.17) is 5.73 Å². The van der Waals surface area contributed by atoms with Crippen molar-refractivity contribution >= 4 is 23.2 Å². The van der Waals surface area contributed by atoms with Gasteiger partial charge in [-0.25, -0.2) is 0 Å². The van der Waals surface area contributed by atoms with Gasteiger partial charge >= 0.3 is 0 Å². The summed E-state index contributed by atoms with van der Waals surface area (Å²) in [5.41, 5.74) is 6.79. The molecule has 1 aliphatic rings. The van der Waals surface area contributed by atoms with E-state index in [1.807, 2.05) is 6.07 Å². The highest BCUT2D eigenvalue weighted by Gasteiger charge is 2.38. The normalized spacial score (nSPS) is 17.0. The van der Waals surface area contributed by atoms with Crippen molar-refractivity contribution in [3.05, 3.63) is 24.3 Å². The van der Waals surface area contributed by atoms with Gasteiger partial charge in [-0.1, -0.05) is 25.3 Å². The number of carbonyl (C=O) groups excluding carboxylic acids is 2. The Kier molecular flexibility index (Phi) is 4.96. The molecule has 0 spiro atoms. The third-order valence-electron chi connectivity index (χ3n) is 4.12. The van der Waals surface area contributed by atoms with Crippen LogP contribution in [0.1, 0.15) is 39.0 Å². The highest BCUT2D eigenvalue weighted by molar-refractivity contribution is 5.96. The van der Waals surface area contributed by atoms with Crippen LogP contribution in [-0.2, 0) is 9.59 Å². The van der Waals surface area contributed by atoms with E-state index < -0.39 is 5.41 Å². The number of amides is 2. The maximum Gasteiger partial charge on any atom is 0.231 e. The third-order valence-corrected chi connectivity index (χ3v) is 4.12. The molecule has 1 fully saturated rings. The number of rotatable bonds is 4. The van der Waals surface area contributed by atoms with Gasteiger partial charge in [0.2, 0.25) is 11.8 Å². The number of anilines is 2. The molecular weight excluding hydrogens is 266 g/mol. The molecule has 2 rings (SSSR count). The van der Waals surface area contributed by atoms with E-state index in [2.05, 4.69) is 10.6 Å². The summed E-state index contributed by atoms with van der Waals surface area (Å²) >= 11 is 0. The van der Waals surface area contributed by atoms with Gasteiger partial charge in [-0.15, -0.1) is 0 Å². The lowest BCUT2D eigenvalue weighted by molar-refractivity contribution is -0.126. The average Bonchev–Trinajstić information content (AvgIpc) is 2.47. The first-order valence-electron chi connectivity index (χ1n) is 7.45. The molecule has 1 aromatic carbocycles. The highest BCUT2D eigenvalue weighted by Crippen LogP contribution is 2.36. The molecule has 0 bridgehead atoms. The van der Waals surface area contributed by atoms with E-state index in [-0.39, 0.29) is 11.8 Å². The summed E-state index contributed by atoms with van der Waals surface area (Å²) in [4.78, 5) is 23.7. The SMILES string of the molecule is CC(=O)Nc1cccc(NC(=O)C2(CN)CCCCC2)c1. The molecule has 0 unspecified atom stereocenters. The molecule has 21 heavy (non-hydrogen) atoms. The first-order valence-corrected chi connectivity index (χ1v) is 7.45. The van der Waals surface area contributed by atoms with Gasteiger partial charge in [0.05, 0.1) is 5.41 Å². The summed E-state index contributed by atoms with van der Waals surface area (Å²) in [6.45, 7) is 1.83. The second-order valence-corrected chi connectivity index (χ2v) is 5.76. The van der Waals surface area contributed by atoms with Crippen molar-refractivity contribution in [1.29, 1.82) is 0 Å². The Bertz CT molecular complexity index is 522. The van der Waals surface area contributed by atoms with Crippen LogP contribution in [0.4, 0.5) is 11.4 Å². The van der Waals surface area contributed by atoms with Crippen LogP contribution in [0.5, 0.6) is 0 Å². The fraction of sp³-hybridized carbons (Fsp3) is 0.500. The predicted octanol–water partition coefficient (Wildman–Crippen LogP) is 2.49. The van der Waals surface area contributed by atoms with Crippen LogP contribution in [0.15, 0.2) is 24.3 Å². The molecule has 0 saturated heterocycles. The van der Waals surface area contributed by atoms with Crippen molar-refractivity contribution in [3.8, 4) is 0 Å². The second-order valence-electron chi connectivity index (χ2n) is 5.76. The van der Waals surface area contributed by atoms with Crippen LogP contribution >= 0.6 is 0 Å². The standard InChI is InChI=1S/C16H23N3O2/c1-12(20)18-13-6-5-7-14(10-13)19-15(21)16(11-17)8-3-2-4-9-16/h5-7,10H,2-4,8-9,11,17H2,1H3,(H,18,20)(H,19,21). The van der Waals surface area contributed by atoms with Crippen LogP contribution in [0, 0.1) is 5.41 Å². The van der Waals surface area contributed by atoms with E-state index in [0.29, 0.717) is 17.9 Å². The minimum absolute atomic E-state index is 0.00956. The van der Waals surface area contributed by atoms with Gasteiger partial charge in [-0.3, -0.25) is 9.59 Å². The van der Waals surface area contributed by atoms with E-state index in [0.717, 1.165) is 25.7 Å². The van der Waals surface area contributed by atoms with E-state index >= 15 is 0 Å². The number of benzene rings is 1. The summed E-state index contributed by atoms with van der Waals surface area (Å²) in [7, 11) is 0. The van der Waals surface area contributed by atoms with Crippen LogP contribution in [-0.4, -0.2) is 18.4 Å². The summed E-state index contributed by atoms with van der Waals surface area (Å²) in [6, 6.07) is 7.16. The maximum atomic E-state index is 12.6.